The lowest BCUT2D eigenvalue weighted by molar-refractivity contribution is -0.148. The molecular weight excluding hydrogens is 702 g/mol. The lowest BCUT2D eigenvalue weighted by Crippen LogP contribution is -2.58. The number of likely N-dealkylation sites (tertiary alicyclic amines) is 1. The fourth-order valence-electron chi connectivity index (χ4n) is 8.10. The summed E-state index contributed by atoms with van der Waals surface area (Å²) in [6, 6.07) is 4.32. The van der Waals surface area contributed by atoms with Crippen LogP contribution < -0.4 is 10.6 Å². The first-order valence-electron chi connectivity index (χ1n) is 20.0. The van der Waals surface area contributed by atoms with Gasteiger partial charge in [0.15, 0.2) is 0 Å². The number of aliphatic carboxylic acids is 1. The molecule has 0 saturated carbocycles. The van der Waals surface area contributed by atoms with E-state index in [0.717, 1.165) is 17.5 Å². The fourth-order valence-corrected chi connectivity index (χ4v) is 8.10. The molecule has 1 aliphatic rings. The van der Waals surface area contributed by atoms with Gasteiger partial charge in [0.1, 0.15) is 12.1 Å². The predicted octanol–water partition coefficient (Wildman–Crippen LogP) is 4.14. The van der Waals surface area contributed by atoms with Crippen LogP contribution in [-0.2, 0) is 39.9 Å². The zero-order valence-electron chi connectivity index (χ0n) is 35.8. The number of carboxylic acids is 1. The van der Waals surface area contributed by atoms with Crippen molar-refractivity contribution < 1.29 is 38.6 Å². The molecule has 1 saturated heterocycles. The number of nitrogens with one attached hydrogen (secondary N) is 2. The van der Waals surface area contributed by atoms with Gasteiger partial charge in [-0.2, -0.15) is 0 Å². The average molecular weight is 774 g/mol. The molecule has 1 aromatic carbocycles. The minimum atomic E-state index is -1.14. The van der Waals surface area contributed by atoms with Gasteiger partial charge in [-0.05, 0) is 63.6 Å². The minimum absolute atomic E-state index is 0.00840. The number of carboxylic acid groups (broad SMARTS) is 1. The highest BCUT2D eigenvalue weighted by Gasteiger charge is 2.43. The van der Waals surface area contributed by atoms with Crippen molar-refractivity contribution in [2.24, 2.45) is 23.7 Å². The number of rotatable bonds is 22. The second kappa shape index (κ2) is 22.3. The van der Waals surface area contributed by atoms with Crippen LogP contribution in [0.3, 0.4) is 0 Å². The monoisotopic (exact) mass is 774 g/mol. The van der Waals surface area contributed by atoms with Gasteiger partial charge in [-0.3, -0.25) is 24.1 Å². The molecule has 0 radical (unpaired) electrons. The quantitative estimate of drug-likeness (QED) is 0.158. The molecule has 2 unspecified atom stereocenters. The van der Waals surface area contributed by atoms with Crippen molar-refractivity contribution >= 4 is 29.6 Å². The number of nitrogens with zero attached hydrogens (tertiary/aromatic N) is 3. The number of ether oxygens (including phenoxy) is 2. The van der Waals surface area contributed by atoms with Gasteiger partial charge >= 0.3 is 5.97 Å². The van der Waals surface area contributed by atoms with E-state index in [9.17, 15) is 29.1 Å². The van der Waals surface area contributed by atoms with Gasteiger partial charge in [-0.25, -0.2) is 4.79 Å². The van der Waals surface area contributed by atoms with Crippen LogP contribution in [-0.4, -0.2) is 134 Å². The molecule has 2 rings (SSSR count). The van der Waals surface area contributed by atoms with Crippen molar-refractivity contribution in [1.29, 1.82) is 0 Å². The number of likely N-dealkylation sites (N-methyl/N-ethyl adjacent to an activating group) is 2. The van der Waals surface area contributed by atoms with E-state index in [-0.39, 0.29) is 48.3 Å². The van der Waals surface area contributed by atoms with Gasteiger partial charge in [0.2, 0.25) is 23.6 Å². The molecule has 0 aliphatic carbocycles. The van der Waals surface area contributed by atoms with E-state index in [4.69, 9.17) is 9.47 Å². The normalized spacial score (nSPS) is 19.0. The Morgan fingerprint density at radius 1 is 0.909 bits per heavy atom. The van der Waals surface area contributed by atoms with E-state index in [1.807, 2.05) is 91.7 Å². The lowest BCUT2D eigenvalue weighted by atomic mass is 9.89. The van der Waals surface area contributed by atoms with Crippen molar-refractivity contribution in [1.82, 2.24) is 25.3 Å². The number of hydrogen-bond donors (Lipinski definition) is 3. The molecular formula is C42H71N5O8. The third-order valence-corrected chi connectivity index (χ3v) is 11.2. The third-order valence-electron chi connectivity index (χ3n) is 11.2. The van der Waals surface area contributed by atoms with Crippen LogP contribution in [0, 0.1) is 30.6 Å². The number of carbonyl (C=O) groups excluding carboxylic acids is 4. The number of amides is 4. The summed E-state index contributed by atoms with van der Waals surface area (Å²) < 4.78 is 11.9. The number of aryl methyl sites for hydroxylation is 1. The van der Waals surface area contributed by atoms with Crippen molar-refractivity contribution in [3.8, 4) is 0 Å². The van der Waals surface area contributed by atoms with Gasteiger partial charge in [0.05, 0.1) is 42.7 Å². The molecule has 1 aliphatic heterocycles. The number of hydrogen-bond acceptors (Lipinski definition) is 8. The number of methoxy groups -OCH3 is 2. The third kappa shape index (κ3) is 13.3. The molecule has 312 valence electrons. The van der Waals surface area contributed by atoms with E-state index in [2.05, 4.69) is 10.6 Å². The predicted molar refractivity (Wildman–Crippen MR) is 214 cm³/mol. The largest absolute Gasteiger partial charge is 0.480 e. The Morgan fingerprint density at radius 2 is 1.51 bits per heavy atom. The van der Waals surface area contributed by atoms with Gasteiger partial charge in [0, 0.05) is 34.2 Å². The van der Waals surface area contributed by atoms with E-state index in [1.165, 1.54) is 7.11 Å². The van der Waals surface area contributed by atoms with Crippen LogP contribution >= 0.6 is 0 Å². The highest BCUT2D eigenvalue weighted by Crippen LogP contribution is 2.30. The zero-order chi connectivity index (χ0) is 41.7. The Labute approximate surface area is 330 Å². The summed E-state index contributed by atoms with van der Waals surface area (Å²) in [6.45, 7) is 16.2. The van der Waals surface area contributed by atoms with Gasteiger partial charge < -0.3 is 35.0 Å². The summed E-state index contributed by atoms with van der Waals surface area (Å²) in [5.41, 5.74) is 1.85. The zero-order valence-corrected chi connectivity index (χ0v) is 35.8. The van der Waals surface area contributed by atoms with Gasteiger partial charge in [-0.1, -0.05) is 84.7 Å². The molecule has 13 nitrogen and oxygen atoms in total. The van der Waals surface area contributed by atoms with Crippen LogP contribution in [0.4, 0.5) is 0 Å². The Bertz CT molecular complexity index is 1390. The summed E-state index contributed by atoms with van der Waals surface area (Å²) in [4.78, 5) is 73.0. The Kier molecular flexibility index (Phi) is 19.3. The topological polar surface area (TPSA) is 158 Å². The summed E-state index contributed by atoms with van der Waals surface area (Å²) in [5, 5.41) is 15.7. The second-order valence-electron chi connectivity index (χ2n) is 16.5. The van der Waals surface area contributed by atoms with Crippen LogP contribution in [0.5, 0.6) is 0 Å². The van der Waals surface area contributed by atoms with E-state index >= 15 is 0 Å². The maximum absolute atomic E-state index is 14.3. The smallest absolute Gasteiger partial charge is 0.326 e. The molecule has 3 N–H and O–H groups in total. The molecule has 13 heteroatoms. The Balaban J connectivity index is 2.29. The lowest BCUT2D eigenvalue weighted by Gasteiger charge is -2.40. The molecule has 1 heterocycles. The fraction of sp³-hybridized carbons (Fsp3) is 0.738. The first-order valence-corrected chi connectivity index (χ1v) is 20.0. The molecule has 0 bridgehead atoms. The Hall–Kier alpha value is -3.55. The van der Waals surface area contributed by atoms with Crippen LogP contribution in [0.15, 0.2) is 24.3 Å². The average Bonchev–Trinajstić information content (AvgIpc) is 3.60. The van der Waals surface area contributed by atoms with Gasteiger partial charge in [0.25, 0.3) is 0 Å². The summed E-state index contributed by atoms with van der Waals surface area (Å²) in [6.07, 6.45) is 1.28. The summed E-state index contributed by atoms with van der Waals surface area (Å²) in [7, 11) is 8.48. The van der Waals surface area contributed by atoms with E-state index < -0.39 is 60.2 Å². The van der Waals surface area contributed by atoms with Crippen molar-refractivity contribution in [3.63, 3.8) is 0 Å². The van der Waals surface area contributed by atoms with Crippen LogP contribution in [0.25, 0.3) is 0 Å². The van der Waals surface area contributed by atoms with E-state index in [0.29, 0.717) is 25.8 Å². The standard InChI is InChI=1S/C42H71N5O8/c1-14-28(7)37(46(11)41(51)31(22-25(2)3)43-40(50)36(26(4)5)45(9)10)34(54-12)24-35(48)47-21-15-16-33(47)38(55-13)29(8)39(49)44-32(42(52)53)23-30-19-17-27(6)18-20-30/h17-20,25-26,28-29,31-34,36-38H,14-16,21-24H2,1-13H3,(H,43,50)(H,44,49)(H,52,53)/t28?,29-,31+,32+,33+,34?,36+,37+,38-/m1/s1. The number of benzene rings is 1. The summed E-state index contributed by atoms with van der Waals surface area (Å²) in [5.74, 6) is -2.85. The highest BCUT2D eigenvalue weighted by molar-refractivity contribution is 5.90. The molecule has 0 aromatic heterocycles. The molecule has 1 fully saturated rings. The molecule has 1 aromatic rings. The van der Waals surface area contributed by atoms with Crippen molar-refractivity contribution in [2.75, 3.05) is 41.9 Å². The van der Waals surface area contributed by atoms with E-state index in [1.54, 1.807) is 30.9 Å². The SMILES string of the molecule is CCC(C)[C@@H](C(CC(=O)N1CCC[C@H]1[C@H](OC)[C@@H](C)C(=O)N[C@@H](Cc1ccc(C)cc1)C(=O)O)OC)N(C)C(=O)[C@H](CC(C)C)NC(=O)[C@H](C(C)C)N(C)C. The van der Waals surface area contributed by atoms with Crippen molar-refractivity contribution in [3.05, 3.63) is 35.4 Å². The molecule has 55 heavy (non-hydrogen) atoms. The molecule has 9 atom stereocenters. The first kappa shape index (κ1) is 47.6. The molecule has 4 amide bonds. The summed E-state index contributed by atoms with van der Waals surface area (Å²) >= 11 is 0. The highest BCUT2D eigenvalue weighted by atomic mass is 16.5. The maximum atomic E-state index is 14.3. The van der Waals surface area contributed by atoms with Crippen molar-refractivity contribution in [2.45, 2.75) is 136 Å². The van der Waals surface area contributed by atoms with Crippen LogP contribution in [0.2, 0.25) is 0 Å². The second-order valence-corrected chi connectivity index (χ2v) is 16.5. The Morgan fingerprint density at radius 3 is 2.00 bits per heavy atom. The first-order chi connectivity index (χ1) is 25.8. The minimum Gasteiger partial charge on any atom is -0.480 e. The van der Waals surface area contributed by atoms with Gasteiger partial charge in [-0.15, -0.1) is 0 Å². The maximum Gasteiger partial charge on any atom is 0.326 e. The number of carbonyl (C=O) groups is 5. The van der Waals surface area contributed by atoms with Crippen LogP contribution in [0.1, 0.15) is 91.7 Å². The molecule has 0 spiro atoms.